The van der Waals surface area contributed by atoms with E-state index in [9.17, 15) is 9.18 Å². The van der Waals surface area contributed by atoms with Crippen LogP contribution in [0.1, 0.15) is 5.56 Å². The van der Waals surface area contributed by atoms with E-state index in [1.165, 1.54) is 29.8 Å². The van der Waals surface area contributed by atoms with E-state index in [-0.39, 0.29) is 17.4 Å². The maximum Gasteiger partial charge on any atom is 0.232 e. The van der Waals surface area contributed by atoms with Gasteiger partial charge in [-0.05, 0) is 35.9 Å². The molecule has 0 atom stereocenters. The van der Waals surface area contributed by atoms with Crippen molar-refractivity contribution in [2.45, 2.75) is 11.4 Å². The third kappa shape index (κ3) is 5.03. The largest absolute Gasteiger partial charge is 0.494 e. The molecule has 0 aliphatic heterocycles. The standard InChI is InChI=1S/C17H16Cl2FNO2S/c1-21(9-11-3-6-15(23-2)14(20)7-11)17(22)10-24-16-8-12(18)4-5-13(16)19/h3-8H,9-10H2,1-2H3. The topological polar surface area (TPSA) is 29.5 Å². The van der Waals surface area contributed by atoms with Gasteiger partial charge < -0.3 is 9.64 Å². The van der Waals surface area contributed by atoms with Crippen molar-refractivity contribution >= 4 is 40.9 Å². The van der Waals surface area contributed by atoms with E-state index in [1.54, 1.807) is 37.4 Å². The van der Waals surface area contributed by atoms with Gasteiger partial charge in [0.25, 0.3) is 0 Å². The van der Waals surface area contributed by atoms with Crippen LogP contribution in [-0.4, -0.2) is 30.7 Å². The zero-order chi connectivity index (χ0) is 17.7. The van der Waals surface area contributed by atoms with Crippen molar-refractivity contribution in [2.24, 2.45) is 0 Å². The van der Waals surface area contributed by atoms with Crippen molar-refractivity contribution in [1.82, 2.24) is 4.90 Å². The summed E-state index contributed by atoms with van der Waals surface area (Å²) in [6.07, 6.45) is 0. The van der Waals surface area contributed by atoms with Crippen LogP contribution in [0.5, 0.6) is 5.75 Å². The van der Waals surface area contributed by atoms with Gasteiger partial charge in [-0.15, -0.1) is 11.8 Å². The van der Waals surface area contributed by atoms with Gasteiger partial charge in [0.1, 0.15) is 0 Å². The van der Waals surface area contributed by atoms with E-state index in [0.29, 0.717) is 22.2 Å². The summed E-state index contributed by atoms with van der Waals surface area (Å²) in [6.45, 7) is 0.309. The van der Waals surface area contributed by atoms with Gasteiger partial charge >= 0.3 is 0 Å². The van der Waals surface area contributed by atoms with E-state index in [4.69, 9.17) is 27.9 Å². The first-order valence-corrected chi connectivity index (χ1v) is 8.79. The Bertz CT molecular complexity index is 743. The number of benzene rings is 2. The molecule has 0 aliphatic rings. The Morgan fingerprint density at radius 2 is 2.00 bits per heavy atom. The lowest BCUT2D eigenvalue weighted by Crippen LogP contribution is -2.27. The van der Waals surface area contributed by atoms with E-state index in [0.717, 1.165) is 4.90 Å². The zero-order valence-electron chi connectivity index (χ0n) is 13.2. The van der Waals surface area contributed by atoms with Crippen LogP contribution in [0, 0.1) is 5.82 Å². The molecule has 24 heavy (non-hydrogen) atoms. The molecule has 3 nitrogen and oxygen atoms in total. The molecule has 0 heterocycles. The molecule has 0 spiro atoms. The van der Waals surface area contributed by atoms with Crippen molar-refractivity contribution in [3.8, 4) is 5.75 Å². The van der Waals surface area contributed by atoms with Crippen LogP contribution in [0.25, 0.3) is 0 Å². The van der Waals surface area contributed by atoms with Crippen LogP contribution < -0.4 is 4.74 Å². The molecule has 0 bridgehead atoms. The summed E-state index contributed by atoms with van der Waals surface area (Å²) in [7, 11) is 3.08. The lowest BCUT2D eigenvalue weighted by atomic mass is 10.2. The molecule has 0 aliphatic carbocycles. The van der Waals surface area contributed by atoms with Crippen LogP contribution in [0.3, 0.4) is 0 Å². The molecular weight excluding hydrogens is 372 g/mol. The first-order chi connectivity index (χ1) is 11.4. The molecule has 0 saturated heterocycles. The van der Waals surface area contributed by atoms with Crippen molar-refractivity contribution in [1.29, 1.82) is 0 Å². The number of nitrogens with zero attached hydrogens (tertiary/aromatic N) is 1. The highest BCUT2D eigenvalue weighted by molar-refractivity contribution is 8.00. The van der Waals surface area contributed by atoms with E-state index < -0.39 is 5.82 Å². The summed E-state index contributed by atoms with van der Waals surface area (Å²) in [5.74, 6) is -0.142. The van der Waals surface area contributed by atoms with Crippen LogP contribution in [-0.2, 0) is 11.3 Å². The van der Waals surface area contributed by atoms with Crippen molar-refractivity contribution in [3.63, 3.8) is 0 Å². The number of carbonyl (C=O) groups excluding carboxylic acids is 1. The third-order valence-electron chi connectivity index (χ3n) is 3.31. The van der Waals surface area contributed by atoms with E-state index in [2.05, 4.69) is 0 Å². The monoisotopic (exact) mass is 387 g/mol. The van der Waals surface area contributed by atoms with E-state index >= 15 is 0 Å². The number of halogens is 3. The molecule has 1 amide bonds. The Kier molecular flexibility index (Phi) is 6.78. The maximum atomic E-state index is 13.7. The molecule has 128 valence electrons. The third-order valence-corrected chi connectivity index (χ3v) is 5.02. The minimum atomic E-state index is -0.448. The van der Waals surface area contributed by atoms with Gasteiger partial charge in [0, 0.05) is 23.5 Å². The fourth-order valence-electron chi connectivity index (χ4n) is 2.01. The number of methoxy groups -OCH3 is 1. The van der Waals surface area contributed by atoms with Gasteiger partial charge in [0.2, 0.25) is 5.91 Å². The number of hydrogen-bond donors (Lipinski definition) is 0. The summed E-state index contributed by atoms with van der Waals surface area (Å²) in [5.41, 5.74) is 0.690. The smallest absolute Gasteiger partial charge is 0.232 e. The first kappa shape index (κ1) is 18.9. The van der Waals surface area contributed by atoms with Crippen LogP contribution >= 0.6 is 35.0 Å². The second-order valence-electron chi connectivity index (χ2n) is 5.08. The first-order valence-electron chi connectivity index (χ1n) is 7.05. The van der Waals surface area contributed by atoms with Crippen molar-refractivity contribution in [3.05, 3.63) is 57.8 Å². The average Bonchev–Trinajstić information content (AvgIpc) is 2.55. The molecule has 7 heteroatoms. The van der Waals surface area contributed by atoms with Gasteiger partial charge in [-0.3, -0.25) is 4.79 Å². The Morgan fingerprint density at radius 1 is 1.25 bits per heavy atom. The summed E-state index contributed by atoms with van der Waals surface area (Å²) < 4.78 is 18.6. The number of rotatable bonds is 6. The Morgan fingerprint density at radius 3 is 2.67 bits per heavy atom. The second kappa shape index (κ2) is 8.60. The molecule has 0 N–H and O–H groups in total. The number of ether oxygens (including phenoxy) is 1. The summed E-state index contributed by atoms with van der Waals surface area (Å²) in [6, 6.07) is 9.75. The summed E-state index contributed by atoms with van der Waals surface area (Å²) in [4.78, 5) is 14.5. The average molecular weight is 388 g/mol. The summed E-state index contributed by atoms with van der Waals surface area (Å²) in [5, 5.41) is 1.12. The minimum Gasteiger partial charge on any atom is -0.494 e. The van der Waals surface area contributed by atoms with Crippen molar-refractivity contribution in [2.75, 3.05) is 19.9 Å². The molecule has 0 fully saturated rings. The predicted molar refractivity (Wildman–Crippen MR) is 96.6 cm³/mol. The van der Waals surface area contributed by atoms with Crippen molar-refractivity contribution < 1.29 is 13.9 Å². The Balaban J connectivity index is 1.94. The Labute approximate surface area is 154 Å². The molecule has 0 unspecified atom stereocenters. The van der Waals surface area contributed by atoms with Crippen LogP contribution in [0.4, 0.5) is 4.39 Å². The highest BCUT2D eigenvalue weighted by Crippen LogP contribution is 2.30. The Hall–Kier alpha value is -1.43. The molecule has 2 rings (SSSR count). The molecule has 0 aromatic heterocycles. The normalized spacial score (nSPS) is 10.5. The van der Waals surface area contributed by atoms with Gasteiger partial charge in [-0.25, -0.2) is 4.39 Å². The molecule has 2 aromatic rings. The number of thioether (sulfide) groups is 1. The van der Waals surface area contributed by atoms with Gasteiger partial charge in [0.15, 0.2) is 11.6 Å². The molecule has 0 radical (unpaired) electrons. The SMILES string of the molecule is COc1ccc(CN(C)C(=O)CSc2cc(Cl)ccc2Cl)cc1F. The lowest BCUT2D eigenvalue weighted by molar-refractivity contribution is -0.127. The van der Waals surface area contributed by atoms with Crippen LogP contribution in [0.2, 0.25) is 10.0 Å². The molecule has 0 saturated carbocycles. The maximum absolute atomic E-state index is 13.7. The fourth-order valence-corrected chi connectivity index (χ4v) is 3.44. The second-order valence-corrected chi connectivity index (χ2v) is 6.94. The number of amides is 1. The number of hydrogen-bond acceptors (Lipinski definition) is 3. The molecule has 2 aromatic carbocycles. The van der Waals surface area contributed by atoms with Gasteiger partial charge in [-0.1, -0.05) is 29.3 Å². The quantitative estimate of drug-likeness (QED) is 0.660. The minimum absolute atomic E-state index is 0.0905. The zero-order valence-corrected chi connectivity index (χ0v) is 15.5. The van der Waals surface area contributed by atoms with Crippen LogP contribution in [0.15, 0.2) is 41.3 Å². The lowest BCUT2D eigenvalue weighted by Gasteiger charge is -2.17. The van der Waals surface area contributed by atoms with Gasteiger partial charge in [0.05, 0.1) is 17.9 Å². The molecular formula is C17H16Cl2FNO2S. The van der Waals surface area contributed by atoms with E-state index in [1.807, 2.05) is 0 Å². The predicted octanol–water partition coefficient (Wildman–Crippen LogP) is 4.89. The summed E-state index contributed by atoms with van der Waals surface area (Å²) >= 11 is 13.3. The fraction of sp³-hybridized carbons (Fsp3) is 0.235. The van der Waals surface area contributed by atoms with Gasteiger partial charge in [-0.2, -0.15) is 0 Å². The highest BCUT2D eigenvalue weighted by atomic mass is 35.5. The number of carbonyl (C=O) groups is 1. The highest BCUT2D eigenvalue weighted by Gasteiger charge is 2.13.